The molecule has 2 aromatic rings. The third kappa shape index (κ3) is 3.88. The third-order valence-electron chi connectivity index (χ3n) is 4.94. The Hall–Kier alpha value is -3.21. The highest BCUT2D eigenvalue weighted by Crippen LogP contribution is 2.34. The molecule has 1 heterocycles. The maximum absolute atomic E-state index is 13.0. The quantitative estimate of drug-likeness (QED) is 0.632. The molecule has 0 aromatic heterocycles. The van der Waals surface area contributed by atoms with E-state index in [0.29, 0.717) is 11.4 Å². The highest BCUT2D eigenvalue weighted by molar-refractivity contribution is 6.22. The molecule has 5 nitrogen and oxygen atoms in total. The first kappa shape index (κ1) is 19.5. The summed E-state index contributed by atoms with van der Waals surface area (Å²) in [5.74, 6) is -1.41. The zero-order chi connectivity index (χ0) is 20.4. The van der Waals surface area contributed by atoms with E-state index in [1.54, 1.807) is 12.1 Å². The summed E-state index contributed by atoms with van der Waals surface area (Å²) in [6.45, 7) is 9.60. The second-order valence-corrected chi connectivity index (χ2v) is 7.34. The second-order valence-electron chi connectivity index (χ2n) is 7.34. The van der Waals surface area contributed by atoms with Gasteiger partial charge in [-0.3, -0.25) is 14.4 Å². The summed E-state index contributed by atoms with van der Waals surface area (Å²) in [6, 6.07) is 13.0. The first-order chi connectivity index (χ1) is 13.3. The van der Waals surface area contributed by atoms with Crippen LogP contribution in [0, 0.1) is 26.7 Å². The van der Waals surface area contributed by atoms with Crippen LogP contribution >= 0.6 is 0 Å². The zero-order valence-corrected chi connectivity index (χ0v) is 16.4. The predicted molar refractivity (Wildman–Crippen MR) is 110 cm³/mol. The molecule has 1 fully saturated rings. The largest absolute Gasteiger partial charge is 0.322 e. The molecule has 1 N–H and O–H groups in total. The van der Waals surface area contributed by atoms with Crippen molar-refractivity contribution in [2.45, 2.75) is 33.6 Å². The SMILES string of the molecule is C=C(CC1CC(=O)N(c2c(C)cc(C)cc2C)C1=O)C(=O)Nc1ccccc1. The van der Waals surface area contributed by atoms with Gasteiger partial charge in [-0.25, -0.2) is 4.90 Å². The van der Waals surface area contributed by atoms with E-state index in [1.165, 1.54) is 4.90 Å². The van der Waals surface area contributed by atoms with Gasteiger partial charge in [0.15, 0.2) is 0 Å². The van der Waals surface area contributed by atoms with Gasteiger partial charge in [-0.05, 0) is 50.5 Å². The average molecular weight is 376 g/mol. The van der Waals surface area contributed by atoms with Crippen LogP contribution in [0.5, 0.6) is 0 Å². The van der Waals surface area contributed by atoms with Crippen LogP contribution in [0.2, 0.25) is 0 Å². The van der Waals surface area contributed by atoms with Gasteiger partial charge in [0.05, 0.1) is 11.6 Å². The number of anilines is 2. The third-order valence-corrected chi connectivity index (χ3v) is 4.94. The summed E-state index contributed by atoms with van der Waals surface area (Å²) in [5, 5.41) is 2.76. The van der Waals surface area contributed by atoms with Gasteiger partial charge in [-0.1, -0.05) is 42.5 Å². The van der Waals surface area contributed by atoms with Gasteiger partial charge in [-0.2, -0.15) is 0 Å². The molecule has 28 heavy (non-hydrogen) atoms. The summed E-state index contributed by atoms with van der Waals surface area (Å²) in [6.07, 6.45) is 0.243. The van der Waals surface area contributed by atoms with Gasteiger partial charge in [0.1, 0.15) is 0 Å². The number of imide groups is 1. The Labute approximate surface area is 165 Å². The first-order valence-corrected chi connectivity index (χ1v) is 9.26. The number of rotatable bonds is 5. The number of amides is 3. The summed E-state index contributed by atoms with van der Waals surface area (Å²) in [4.78, 5) is 39.2. The minimum atomic E-state index is -0.568. The highest BCUT2D eigenvalue weighted by Gasteiger charge is 2.41. The number of carbonyl (C=O) groups excluding carboxylic acids is 3. The van der Waals surface area contributed by atoms with Crippen molar-refractivity contribution in [1.29, 1.82) is 0 Å². The number of nitrogens with one attached hydrogen (secondary N) is 1. The lowest BCUT2D eigenvalue weighted by Crippen LogP contribution is -2.32. The Balaban J connectivity index is 1.73. The van der Waals surface area contributed by atoms with E-state index in [-0.39, 0.29) is 36.1 Å². The molecule has 1 aliphatic rings. The Morgan fingerprint density at radius 1 is 1.11 bits per heavy atom. The van der Waals surface area contributed by atoms with Crippen molar-refractivity contribution < 1.29 is 14.4 Å². The molecule has 2 aromatic carbocycles. The molecule has 0 saturated carbocycles. The first-order valence-electron chi connectivity index (χ1n) is 9.26. The molecule has 1 aliphatic heterocycles. The van der Waals surface area contributed by atoms with Crippen LogP contribution in [-0.4, -0.2) is 17.7 Å². The van der Waals surface area contributed by atoms with Gasteiger partial charge in [0.25, 0.3) is 5.91 Å². The smallest absolute Gasteiger partial charge is 0.251 e. The molecule has 5 heteroatoms. The topological polar surface area (TPSA) is 66.5 Å². The van der Waals surface area contributed by atoms with Crippen molar-refractivity contribution in [2.24, 2.45) is 5.92 Å². The van der Waals surface area contributed by atoms with Gasteiger partial charge in [-0.15, -0.1) is 0 Å². The van der Waals surface area contributed by atoms with Crippen molar-refractivity contribution in [3.05, 3.63) is 71.3 Å². The van der Waals surface area contributed by atoms with Crippen molar-refractivity contribution in [3.63, 3.8) is 0 Å². The lowest BCUT2D eigenvalue weighted by molar-refractivity contribution is -0.122. The van der Waals surface area contributed by atoms with E-state index < -0.39 is 5.92 Å². The van der Waals surface area contributed by atoms with Crippen molar-refractivity contribution in [2.75, 3.05) is 10.2 Å². The summed E-state index contributed by atoms with van der Waals surface area (Å²) < 4.78 is 0. The van der Waals surface area contributed by atoms with E-state index in [4.69, 9.17) is 0 Å². The predicted octanol–water partition coefficient (Wildman–Crippen LogP) is 4.08. The van der Waals surface area contributed by atoms with Crippen LogP contribution < -0.4 is 10.2 Å². The van der Waals surface area contributed by atoms with Crippen molar-refractivity contribution >= 4 is 29.1 Å². The van der Waals surface area contributed by atoms with E-state index in [1.807, 2.05) is 51.1 Å². The normalized spacial score (nSPS) is 16.4. The fourth-order valence-corrected chi connectivity index (χ4v) is 3.75. The fourth-order valence-electron chi connectivity index (χ4n) is 3.75. The number of aryl methyl sites for hydroxylation is 3. The summed E-state index contributed by atoms with van der Waals surface area (Å²) in [7, 11) is 0. The molecule has 0 bridgehead atoms. The number of hydrogen-bond donors (Lipinski definition) is 1. The standard InChI is InChI=1S/C23H24N2O3/c1-14-10-15(2)21(16(3)11-14)25-20(26)13-18(23(25)28)12-17(4)22(27)24-19-8-6-5-7-9-19/h5-11,18H,4,12-13H2,1-3H3,(H,24,27). The van der Waals surface area contributed by atoms with Crippen LogP contribution in [0.1, 0.15) is 29.5 Å². The van der Waals surface area contributed by atoms with Crippen molar-refractivity contribution in [3.8, 4) is 0 Å². The monoisotopic (exact) mass is 376 g/mol. The minimum absolute atomic E-state index is 0.0865. The van der Waals surface area contributed by atoms with Gasteiger partial charge in [0, 0.05) is 17.7 Å². The number of hydrogen-bond acceptors (Lipinski definition) is 3. The molecule has 0 aliphatic carbocycles. The maximum Gasteiger partial charge on any atom is 0.251 e. The van der Waals surface area contributed by atoms with E-state index in [9.17, 15) is 14.4 Å². The van der Waals surface area contributed by atoms with E-state index in [0.717, 1.165) is 16.7 Å². The summed E-state index contributed by atoms with van der Waals surface area (Å²) in [5.41, 5.74) is 4.47. The molecular weight excluding hydrogens is 352 g/mol. The average Bonchev–Trinajstić information content (AvgIpc) is 2.89. The maximum atomic E-state index is 13.0. The van der Waals surface area contributed by atoms with E-state index >= 15 is 0 Å². The molecule has 3 rings (SSSR count). The van der Waals surface area contributed by atoms with Gasteiger partial charge < -0.3 is 5.32 Å². The van der Waals surface area contributed by atoms with Crippen LogP contribution in [0.25, 0.3) is 0 Å². The van der Waals surface area contributed by atoms with Crippen LogP contribution in [0.15, 0.2) is 54.6 Å². The molecule has 144 valence electrons. The van der Waals surface area contributed by atoms with Crippen molar-refractivity contribution in [1.82, 2.24) is 0 Å². The Kier molecular flexibility index (Phi) is 5.45. The number of para-hydroxylation sites is 1. The molecule has 1 saturated heterocycles. The number of nitrogens with zero attached hydrogens (tertiary/aromatic N) is 1. The molecule has 0 spiro atoms. The van der Waals surface area contributed by atoms with Crippen LogP contribution in [-0.2, 0) is 14.4 Å². The lowest BCUT2D eigenvalue weighted by atomic mass is 9.98. The highest BCUT2D eigenvalue weighted by atomic mass is 16.2. The van der Waals surface area contributed by atoms with Gasteiger partial charge in [0.2, 0.25) is 11.8 Å². The van der Waals surface area contributed by atoms with Crippen LogP contribution in [0.3, 0.4) is 0 Å². The Morgan fingerprint density at radius 2 is 1.71 bits per heavy atom. The van der Waals surface area contributed by atoms with Crippen LogP contribution in [0.4, 0.5) is 11.4 Å². The molecule has 1 atom stereocenters. The Morgan fingerprint density at radius 3 is 2.32 bits per heavy atom. The molecule has 0 radical (unpaired) electrons. The van der Waals surface area contributed by atoms with Gasteiger partial charge >= 0.3 is 0 Å². The molecule has 1 unspecified atom stereocenters. The van der Waals surface area contributed by atoms with E-state index in [2.05, 4.69) is 11.9 Å². The Bertz CT molecular complexity index is 940. The molecular formula is C23H24N2O3. The number of carbonyl (C=O) groups is 3. The second kappa shape index (κ2) is 7.80. The number of benzene rings is 2. The fraction of sp³-hybridized carbons (Fsp3) is 0.261. The summed E-state index contributed by atoms with van der Waals surface area (Å²) >= 11 is 0. The minimum Gasteiger partial charge on any atom is -0.322 e. The molecule has 3 amide bonds. The lowest BCUT2D eigenvalue weighted by Gasteiger charge is -2.21. The zero-order valence-electron chi connectivity index (χ0n) is 16.4.